The number of aliphatic carboxylic acids is 1. The molecule has 0 radical (unpaired) electrons. The summed E-state index contributed by atoms with van der Waals surface area (Å²) >= 11 is 0. The number of nitrogens with zero attached hydrogens (tertiary/aromatic N) is 1. The van der Waals surface area contributed by atoms with Gasteiger partial charge in [-0.15, -0.1) is 0 Å². The van der Waals surface area contributed by atoms with E-state index in [1.165, 1.54) is 4.90 Å². The molecular weight excluding hydrogens is 332 g/mol. The molecule has 1 saturated carbocycles. The quantitative estimate of drug-likeness (QED) is 0.818. The van der Waals surface area contributed by atoms with Gasteiger partial charge in [-0.25, -0.2) is 8.78 Å². The third-order valence-corrected chi connectivity index (χ3v) is 4.82. The van der Waals surface area contributed by atoms with Gasteiger partial charge in [-0.1, -0.05) is 0 Å². The summed E-state index contributed by atoms with van der Waals surface area (Å²) < 4.78 is 32.8. The number of amides is 1. The van der Waals surface area contributed by atoms with Crippen LogP contribution in [0.15, 0.2) is 18.2 Å². The first-order valence-electron chi connectivity index (χ1n) is 8.53. The summed E-state index contributed by atoms with van der Waals surface area (Å²) in [5.41, 5.74) is 0.216. The largest absolute Gasteiger partial charge is 0.481 e. The minimum absolute atomic E-state index is 0.0825. The van der Waals surface area contributed by atoms with Gasteiger partial charge in [-0.3, -0.25) is 9.59 Å². The molecule has 5 nitrogen and oxygen atoms in total. The predicted molar refractivity (Wildman–Crippen MR) is 85.0 cm³/mol. The van der Waals surface area contributed by atoms with E-state index in [2.05, 4.69) is 0 Å². The summed E-state index contributed by atoms with van der Waals surface area (Å²) in [5, 5.41) is 8.90. The van der Waals surface area contributed by atoms with Crippen LogP contribution < -0.4 is 0 Å². The number of hydrogen-bond donors (Lipinski definition) is 1. The molecule has 2 fully saturated rings. The number of halogens is 2. The Morgan fingerprint density at radius 3 is 2.80 bits per heavy atom. The van der Waals surface area contributed by atoms with Gasteiger partial charge in [-0.05, 0) is 48.9 Å². The van der Waals surface area contributed by atoms with E-state index >= 15 is 0 Å². The van der Waals surface area contributed by atoms with Gasteiger partial charge >= 0.3 is 5.97 Å². The van der Waals surface area contributed by atoms with Crippen LogP contribution in [0.2, 0.25) is 0 Å². The molecule has 1 aromatic carbocycles. The van der Waals surface area contributed by atoms with Crippen molar-refractivity contribution in [2.75, 3.05) is 19.7 Å². The van der Waals surface area contributed by atoms with Crippen molar-refractivity contribution in [1.29, 1.82) is 0 Å². The fraction of sp³-hybridized carbons (Fsp3) is 0.556. The molecule has 2 aliphatic rings. The molecule has 0 spiro atoms. The van der Waals surface area contributed by atoms with Crippen LogP contribution in [0, 0.1) is 17.6 Å². The van der Waals surface area contributed by atoms with Crippen molar-refractivity contribution in [3.63, 3.8) is 0 Å². The van der Waals surface area contributed by atoms with Crippen molar-refractivity contribution in [2.45, 2.75) is 37.7 Å². The van der Waals surface area contributed by atoms with Crippen LogP contribution >= 0.6 is 0 Å². The third kappa shape index (κ3) is 4.34. The highest BCUT2D eigenvalue weighted by Crippen LogP contribution is 2.49. The third-order valence-electron chi connectivity index (χ3n) is 4.82. The van der Waals surface area contributed by atoms with Gasteiger partial charge in [0.2, 0.25) is 5.91 Å². The fourth-order valence-corrected chi connectivity index (χ4v) is 3.40. The molecule has 1 heterocycles. The van der Waals surface area contributed by atoms with Crippen molar-refractivity contribution >= 4 is 11.9 Å². The molecule has 3 rings (SSSR count). The Morgan fingerprint density at radius 2 is 2.12 bits per heavy atom. The highest BCUT2D eigenvalue weighted by molar-refractivity contribution is 5.83. The summed E-state index contributed by atoms with van der Waals surface area (Å²) in [6.07, 6.45) is 1.98. The summed E-state index contributed by atoms with van der Waals surface area (Å²) in [4.78, 5) is 25.1. The zero-order chi connectivity index (χ0) is 18.0. The van der Waals surface area contributed by atoms with Crippen molar-refractivity contribution in [3.8, 4) is 0 Å². The lowest BCUT2D eigenvalue weighted by Gasteiger charge is -2.25. The van der Waals surface area contributed by atoms with Crippen molar-refractivity contribution < 1.29 is 28.2 Å². The average Bonchev–Trinajstić information content (AvgIpc) is 3.20. The smallest absolute Gasteiger partial charge is 0.305 e. The van der Waals surface area contributed by atoms with Crippen molar-refractivity contribution in [1.82, 2.24) is 4.90 Å². The average molecular weight is 353 g/mol. The molecule has 0 bridgehead atoms. The molecule has 136 valence electrons. The second-order valence-corrected chi connectivity index (χ2v) is 6.68. The Hall–Kier alpha value is -2.02. The molecule has 0 aromatic heterocycles. The van der Waals surface area contributed by atoms with E-state index in [1.54, 1.807) is 0 Å². The topological polar surface area (TPSA) is 66.8 Å². The van der Waals surface area contributed by atoms with E-state index < -0.39 is 23.5 Å². The molecule has 0 unspecified atom stereocenters. The maximum absolute atomic E-state index is 13.9. The lowest BCUT2D eigenvalue weighted by molar-refractivity contribution is -0.139. The lowest BCUT2D eigenvalue weighted by atomic mass is 10.1. The fourth-order valence-electron chi connectivity index (χ4n) is 3.40. The standard InChI is InChI=1S/C18H21F2NO4/c19-11-3-4-16(20)14(8-11)13-9-15(13)18(24)21(6-5-17(22)23)10-12-2-1-7-25-12/h3-4,8,12-13,15H,1-2,5-7,9-10H2,(H,22,23)/t12-,13-,15+/m0/s1. The molecular formula is C18H21F2NO4. The second-order valence-electron chi connectivity index (χ2n) is 6.68. The van der Waals surface area contributed by atoms with Crippen molar-refractivity contribution in [2.24, 2.45) is 5.92 Å². The van der Waals surface area contributed by atoms with E-state index in [0.29, 0.717) is 19.6 Å². The normalized spacial score (nSPS) is 25.0. The molecule has 1 saturated heterocycles. The molecule has 7 heteroatoms. The van der Waals surface area contributed by atoms with Gasteiger partial charge in [0.1, 0.15) is 11.6 Å². The van der Waals surface area contributed by atoms with Gasteiger partial charge in [0.05, 0.1) is 12.5 Å². The predicted octanol–water partition coefficient (Wildman–Crippen LogP) is 2.55. The molecule has 1 amide bonds. The molecule has 1 aliphatic heterocycles. The van der Waals surface area contributed by atoms with E-state index in [1.807, 2.05) is 0 Å². The van der Waals surface area contributed by atoms with Crippen LogP contribution in [0.1, 0.15) is 37.2 Å². The zero-order valence-electron chi connectivity index (χ0n) is 13.8. The number of carboxylic acid groups (broad SMARTS) is 1. The number of benzene rings is 1. The summed E-state index contributed by atoms with van der Waals surface area (Å²) in [6, 6.07) is 3.25. The molecule has 1 aromatic rings. The number of rotatable bonds is 7. The van der Waals surface area contributed by atoms with Crippen LogP contribution in [0.5, 0.6) is 0 Å². The molecule has 3 atom stereocenters. The van der Waals surface area contributed by atoms with Gasteiger partial charge < -0.3 is 14.7 Å². The van der Waals surface area contributed by atoms with Crippen LogP contribution in [-0.4, -0.2) is 47.7 Å². The highest BCUT2D eigenvalue weighted by Gasteiger charge is 2.47. The SMILES string of the molecule is O=C(O)CCN(C[C@@H]1CCCO1)C(=O)[C@@H]1C[C@H]1c1cc(F)ccc1F. The maximum Gasteiger partial charge on any atom is 0.305 e. The first-order chi connectivity index (χ1) is 12.0. The Kier molecular flexibility index (Phi) is 5.32. The summed E-state index contributed by atoms with van der Waals surface area (Å²) in [5.74, 6) is -3.00. The van der Waals surface area contributed by atoms with E-state index in [-0.39, 0.29) is 36.5 Å². The van der Waals surface area contributed by atoms with Crippen LogP contribution in [-0.2, 0) is 14.3 Å². The molecule has 1 N–H and O–H groups in total. The number of carbonyl (C=O) groups is 2. The summed E-state index contributed by atoms with van der Waals surface area (Å²) in [6.45, 7) is 1.09. The minimum atomic E-state index is -0.978. The van der Waals surface area contributed by atoms with Crippen LogP contribution in [0.3, 0.4) is 0 Å². The van der Waals surface area contributed by atoms with Crippen LogP contribution in [0.4, 0.5) is 8.78 Å². The second kappa shape index (κ2) is 7.47. The Labute approximate surface area is 144 Å². The Morgan fingerprint density at radius 1 is 1.32 bits per heavy atom. The Bertz CT molecular complexity index is 660. The maximum atomic E-state index is 13.9. The van der Waals surface area contributed by atoms with Gasteiger partial charge in [0.25, 0.3) is 0 Å². The number of ether oxygens (including phenoxy) is 1. The van der Waals surface area contributed by atoms with E-state index in [9.17, 15) is 18.4 Å². The van der Waals surface area contributed by atoms with Crippen molar-refractivity contribution in [3.05, 3.63) is 35.4 Å². The summed E-state index contributed by atoms with van der Waals surface area (Å²) in [7, 11) is 0. The van der Waals surface area contributed by atoms with E-state index in [0.717, 1.165) is 31.0 Å². The first-order valence-corrected chi connectivity index (χ1v) is 8.53. The number of hydrogen-bond acceptors (Lipinski definition) is 3. The Balaban J connectivity index is 1.67. The lowest BCUT2D eigenvalue weighted by Crippen LogP contribution is -2.39. The monoisotopic (exact) mass is 353 g/mol. The van der Waals surface area contributed by atoms with E-state index in [4.69, 9.17) is 9.84 Å². The van der Waals surface area contributed by atoms with Crippen LogP contribution in [0.25, 0.3) is 0 Å². The first kappa shape index (κ1) is 17.8. The number of carbonyl (C=O) groups excluding carboxylic acids is 1. The molecule has 25 heavy (non-hydrogen) atoms. The highest BCUT2D eigenvalue weighted by atomic mass is 19.1. The number of carboxylic acids is 1. The van der Waals surface area contributed by atoms with Gasteiger partial charge in [-0.2, -0.15) is 0 Å². The molecule has 1 aliphatic carbocycles. The van der Waals surface area contributed by atoms with Gasteiger partial charge in [0.15, 0.2) is 0 Å². The minimum Gasteiger partial charge on any atom is -0.481 e. The zero-order valence-corrected chi connectivity index (χ0v) is 13.8. The van der Waals surface area contributed by atoms with Gasteiger partial charge in [0, 0.05) is 25.6 Å².